The molecule has 0 bridgehead atoms. The molecule has 0 aromatic heterocycles. The quantitative estimate of drug-likeness (QED) is 0.828. The molecular weight excluding hydrogens is 370 g/mol. The predicted molar refractivity (Wildman–Crippen MR) is 96.3 cm³/mol. The summed E-state index contributed by atoms with van der Waals surface area (Å²) in [4.78, 5) is 27.8. The molecule has 1 aromatic rings. The summed E-state index contributed by atoms with van der Waals surface area (Å²) in [6.45, 7) is 3.47. The Labute approximate surface area is 151 Å². The lowest BCUT2D eigenvalue weighted by molar-refractivity contribution is -0.139. The van der Waals surface area contributed by atoms with E-state index in [-0.39, 0.29) is 17.7 Å². The fourth-order valence-electron chi connectivity index (χ4n) is 3.50. The molecule has 5 nitrogen and oxygen atoms in total. The number of piperidine rings is 1. The Morgan fingerprint density at radius 2 is 1.75 bits per heavy atom. The molecule has 0 aliphatic carbocycles. The Bertz CT molecular complexity index is 591. The minimum Gasteiger partial charge on any atom is -0.369 e. The zero-order valence-electron chi connectivity index (χ0n) is 13.8. The summed E-state index contributed by atoms with van der Waals surface area (Å²) >= 11 is 3.42. The summed E-state index contributed by atoms with van der Waals surface area (Å²) in [6.07, 6.45) is 3.06. The predicted octanol–water partition coefficient (Wildman–Crippen LogP) is 1.79. The largest absolute Gasteiger partial charge is 0.369 e. The van der Waals surface area contributed by atoms with Gasteiger partial charge in [0.1, 0.15) is 0 Å². The number of hydrogen-bond donors (Lipinski definition) is 1. The standard InChI is InChI=1S/C18H24BrN3O2/c19-15-4-1-13(2-5-15)3-6-17(23)22-11-16(12-22)21-9-7-14(8-10-21)18(20)24/h1-2,4-5,14,16H,3,6-12H2,(H2,20,24). The maximum Gasteiger partial charge on any atom is 0.223 e. The lowest BCUT2D eigenvalue weighted by atomic mass is 9.93. The van der Waals surface area contributed by atoms with E-state index >= 15 is 0 Å². The van der Waals surface area contributed by atoms with Crippen molar-refractivity contribution in [1.82, 2.24) is 9.80 Å². The van der Waals surface area contributed by atoms with Crippen molar-refractivity contribution >= 4 is 27.7 Å². The third-order valence-corrected chi connectivity index (χ3v) is 5.73. The van der Waals surface area contributed by atoms with Crippen LogP contribution in [0.5, 0.6) is 0 Å². The number of hydrogen-bond acceptors (Lipinski definition) is 3. The third kappa shape index (κ3) is 4.16. The topological polar surface area (TPSA) is 66.6 Å². The van der Waals surface area contributed by atoms with Gasteiger partial charge in [-0.15, -0.1) is 0 Å². The van der Waals surface area contributed by atoms with Crippen LogP contribution < -0.4 is 5.73 Å². The minimum absolute atomic E-state index is 0.0324. The Morgan fingerprint density at radius 3 is 2.33 bits per heavy atom. The highest BCUT2D eigenvalue weighted by atomic mass is 79.9. The van der Waals surface area contributed by atoms with E-state index in [9.17, 15) is 9.59 Å². The summed E-state index contributed by atoms with van der Waals surface area (Å²) in [5.41, 5.74) is 6.57. The second-order valence-electron chi connectivity index (χ2n) is 6.79. The van der Waals surface area contributed by atoms with Gasteiger partial charge in [-0.2, -0.15) is 0 Å². The van der Waals surface area contributed by atoms with Gasteiger partial charge in [0.2, 0.25) is 11.8 Å². The van der Waals surface area contributed by atoms with Gasteiger partial charge in [0, 0.05) is 35.9 Å². The van der Waals surface area contributed by atoms with Crippen molar-refractivity contribution in [2.75, 3.05) is 26.2 Å². The highest BCUT2D eigenvalue weighted by molar-refractivity contribution is 9.10. The number of nitrogens with zero attached hydrogens (tertiary/aromatic N) is 2. The number of benzene rings is 1. The van der Waals surface area contributed by atoms with Crippen LogP contribution in [0.2, 0.25) is 0 Å². The molecule has 2 saturated heterocycles. The second-order valence-corrected chi connectivity index (χ2v) is 7.71. The van der Waals surface area contributed by atoms with Gasteiger partial charge >= 0.3 is 0 Å². The molecular formula is C18H24BrN3O2. The number of likely N-dealkylation sites (tertiary alicyclic amines) is 2. The maximum atomic E-state index is 12.3. The van der Waals surface area contributed by atoms with Crippen molar-refractivity contribution in [2.24, 2.45) is 11.7 Å². The highest BCUT2D eigenvalue weighted by Crippen LogP contribution is 2.23. The van der Waals surface area contributed by atoms with Crippen molar-refractivity contribution in [3.8, 4) is 0 Å². The van der Waals surface area contributed by atoms with Gasteiger partial charge in [0.15, 0.2) is 0 Å². The summed E-state index contributed by atoms with van der Waals surface area (Å²) < 4.78 is 1.06. The van der Waals surface area contributed by atoms with Crippen molar-refractivity contribution < 1.29 is 9.59 Å². The van der Waals surface area contributed by atoms with Crippen molar-refractivity contribution in [3.05, 3.63) is 34.3 Å². The average molecular weight is 394 g/mol. The summed E-state index contributed by atoms with van der Waals surface area (Å²) in [5, 5.41) is 0. The Kier molecular flexibility index (Phi) is 5.56. The van der Waals surface area contributed by atoms with Gasteiger partial charge in [-0.3, -0.25) is 14.5 Å². The van der Waals surface area contributed by atoms with Crippen LogP contribution in [-0.4, -0.2) is 53.8 Å². The molecule has 3 rings (SSSR count). The number of carbonyl (C=O) groups excluding carboxylic acids is 2. The second kappa shape index (κ2) is 7.66. The molecule has 1 aromatic carbocycles. The molecule has 0 spiro atoms. The first-order chi connectivity index (χ1) is 11.5. The van der Waals surface area contributed by atoms with Gasteiger partial charge in [-0.05, 0) is 50.0 Å². The van der Waals surface area contributed by atoms with Crippen molar-refractivity contribution in [2.45, 2.75) is 31.7 Å². The average Bonchev–Trinajstić information content (AvgIpc) is 2.53. The van der Waals surface area contributed by atoms with E-state index in [2.05, 4.69) is 33.0 Å². The fraction of sp³-hybridized carbons (Fsp3) is 0.556. The maximum absolute atomic E-state index is 12.3. The number of halogens is 1. The fourth-order valence-corrected chi connectivity index (χ4v) is 3.76. The highest BCUT2D eigenvalue weighted by Gasteiger charge is 2.36. The van der Waals surface area contributed by atoms with Crippen molar-refractivity contribution in [3.63, 3.8) is 0 Å². The number of rotatable bonds is 5. The molecule has 0 saturated carbocycles. The zero-order valence-corrected chi connectivity index (χ0v) is 15.4. The number of amides is 2. The number of nitrogens with two attached hydrogens (primary N) is 1. The zero-order chi connectivity index (χ0) is 17.1. The van der Waals surface area contributed by atoms with Gasteiger partial charge in [-0.25, -0.2) is 0 Å². The molecule has 2 aliphatic heterocycles. The van der Waals surface area contributed by atoms with E-state index in [1.165, 1.54) is 5.56 Å². The van der Waals surface area contributed by atoms with Crippen molar-refractivity contribution in [1.29, 1.82) is 0 Å². The molecule has 24 heavy (non-hydrogen) atoms. The molecule has 2 amide bonds. The first-order valence-electron chi connectivity index (χ1n) is 8.58. The van der Waals surface area contributed by atoms with Crippen LogP contribution in [0.3, 0.4) is 0 Å². The molecule has 2 heterocycles. The molecule has 0 atom stereocenters. The molecule has 2 fully saturated rings. The van der Waals surface area contributed by atoms with Crippen LogP contribution in [0.15, 0.2) is 28.7 Å². The molecule has 2 aliphatic rings. The smallest absolute Gasteiger partial charge is 0.223 e. The van der Waals surface area contributed by atoms with Crippen LogP contribution in [0.1, 0.15) is 24.8 Å². The monoisotopic (exact) mass is 393 g/mol. The van der Waals surface area contributed by atoms with Crippen LogP contribution >= 0.6 is 15.9 Å². The van der Waals surface area contributed by atoms with Gasteiger partial charge in [0.05, 0.1) is 0 Å². The Morgan fingerprint density at radius 1 is 1.12 bits per heavy atom. The molecule has 0 radical (unpaired) electrons. The molecule has 6 heteroatoms. The van der Waals surface area contributed by atoms with Crippen LogP contribution in [-0.2, 0) is 16.0 Å². The van der Waals surface area contributed by atoms with Gasteiger partial charge in [-0.1, -0.05) is 28.1 Å². The summed E-state index contributed by atoms with van der Waals surface area (Å²) in [5.74, 6) is 0.0965. The first kappa shape index (κ1) is 17.4. The van der Waals surface area contributed by atoms with Crippen LogP contribution in [0.25, 0.3) is 0 Å². The van der Waals surface area contributed by atoms with Gasteiger partial charge in [0.25, 0.3) is 0 Å². The van der Waals surface area contributed by atoms with E-state index in [1.807, 2.05) is 17.0 Å². The van der Waals surface area contributed by atoms with E-state index < -0.39 is 0 Å². The molecule has 130 valence electrons. The number of carbonyl (C=O) groups is 2. The van der Waals surface area contributed by atoms with E-state index in [0.717, 1.165) is 49.9 Å². The SMILES string of the molecule is NC(=O)C1CCN(C2CN(C(=O)CCc3ccc(Br)cc3)C2)CC1. The Balaban J connectivity index is 1.38. The third-order valence-electron chi connectivity index (χ3n) is 5.20. The molecule has 2 N–H and O–H groups in total. The van der Waals surface area contributed by atoms with Gasteiger partial charge < -0.3 is 10.6 Å². The normalized spacial score (nSPS) is 20.0. The minimum atomic E-state index is -0.173. The molecule has 0 unspecified atom stereocenters. The van der Waals surface area contributed by atoms with Crippen LogP contribution in [0.4, 0.5) is 0 Å². The van der Waals surface area contributed by atoms with E-state index in [4.69, 9.17) is 5.73 Å². The number of primary amides is 1. The summed E-state index contributed by atoms with van der Waals surface area (Å²) in [6, 6.07) is 8.58. The number of aryl methyl sites for hydroxylation is 1. The van der Waals surface area contributed by atoms with E-state index in [1.54, 1.807) is 0 Å². The van der Waals surface area contributed by atoms with E-state index in [0.29, 0.717) is 12.5 Å². The lowest BCUT2D eigenvalue weighted by Gasteiger charge is -2.47. The van der Waals surface area contributed by atoms with Crippen LogP contribution in [0, 0.1) is 5.92 Å². The Hall–Kier alpha value is -1.40. The first-order valence-corrected chi connectivity index (χ1v) is 9.38. The summed E-state index contributed by atoms with van der Waals surface area (Å²) in [7, 11) is 0. The lowest BCUT2D eigenvalue weighted by Crippen LogP contribution is -2.62.